The lowest BCUT2D eigenvalue weighted by Gasteiger charge is -2.25. The van der Waals surface area contributed by atoms with E-state index in [4.69, 9.17) is 14.2 Å². The van der Waals surface area contributed by atoms with Gasteiger partial charge in [-0.15, -0.1) is 0 Å². The fourth-order valence-electron chi connectivity index (χ4n) is 2.62. The topological polar surface area (TPSA) is 44.8 Å². The molecule has 0 amide bonds. The standard InChI is InChI=1S/C26H32O4/c1-8-17-28-21-13-9-19(10-14-21)23(27)16-12-20-11-15-22(29-25(2,3)4)18-24(20)30-26(5,6)7/h8-16,18H,1,17H2,2-7H3. The van der Waals surface area contributed by atoms with Crippen LogP contribution >= 0.6 is 0 Å². The average Bonchev–Trinajstić information content (AvgIpc) is 2.63. The van der Waals surface area contributed by atoms with Gasteiger partial charge in [0.05, 0.1) is 0 Å². The first-order chi connectivity index (χ1) is 14.0. The summed E-state index contributed by atoms with van der Waals surface area (Å²) in [4.78, 5) is 12.6. The SMILES string of the molecule is C=CCOc1ccc(C(=O)C=Cc2ccc(OC(C)(C)C)cc2OC(C)(C)C)cc1. The van der Waals surface area contributed by atoms with E-state index >= 15 is 0 Å². The van der Waals surface area contributed by atoms with Crippen molar-refractivity contribution in [2.45, 2.75) is 52.7 Å². The van der Waals surface area contributed by atoms with Crippen LogP contribution in [0.4, 0.5) is 0 Å². The summed E-state index contributed by atoms with van der Waals surface area (Å²) < 4.78 is 17.5. The Bertz CT molecular complexity index is 894. The second-order valence-electron chi connectivity index (χ2n) is 8.95. The molecule has 4 nitrogen and oxygen atoms in total. The first kappa shape index (κ1) is 23.3. The highest BCUT2D eigenvalue weighted by molar-refractivity contribution is 6.07. The summed E-state index contributed by atoms with van der Waals surface area (Å²) in [5, 5.41) is 0. The highest BCUT2D eigenvalue weighted by Crippen LogP contribution is 2.31. The van der Waals surface area contributed by atoms with Gasteiger partial charge in [-0.25, -0.2) is 0 Å². The Balaban J connectivity index is 2.23. The lowest BCUT2D eigenvalue weighted by Crippen LogP contribution is -2.24. The third kappa shape index (κ3) is 7.78. The normalized spacial score (nSPS) is 11.9. The van der Waals surface area contributed by atoms with Crippen LogP contribution < -0.4 is 14.2 Å². The Hall–Kier alpha value is -3.01. The summed E-state index contributed by atoms with van der Waals surface area (Å²) in [5.41, 5.74) is 0.705. The summed E-state index contributed by atoms with van der Waals surface area (Å²) in [7, 11) is 0. The Labute approximate surface area is 180 Å². The van der Waals surface area contributed by atoms with Crippen LogP contribution in [-0.2, 0) is 0 Å². The van der Waals surface area contributed by atoms with E-state index in [0.717, 1.165) is 11.3 Å². The van der Waals surface area contributed by atoms with Gasteiger partial charge in [-0.3, -0.25) is 4.79 Å². The third-order valence-electron chi connectivity index (χ3n) is 3.75. The number of hydrogen-bond acceptors (Lipinski definition) is 4. The van der Waals surface area contributed by atoms with Gasteiger partial charge >= 0.3 is 0 Å². The zero-order valence-electron chi connectivity index (χ0n) is 18.8. The minimum Gasteiger partial charge on any atom is -0.490 e. The monoisotopic (exact) mass is 408 g/mol. The maximum atomic E-state index is 12.6. The Morgan fingerprint density at radius 2 is 1.50 bits per heavy atom. The molecule has 0 radical (unpaired) electrons. The van der Waals surface area contributed by atoms with E-state index in [-0.39, 0.29) is 17.0 Å². The Kier molecular flexibility index (Phi) is 7.49. The molecule has 0 aliphatic carbocycles. The van der Waals surface area contributed by atoms with Crippen molar-refractivity contribution in [1.82, 2.24) is 0 Å². The number of rotatable bonds is 8. The van der Waals surface area contributed by atoms with Gasteiger partial charge in [-0.2, -0.15) is 0 Å². The van der Waals surface area contributed by atoms with E-state index in [1.807, 2.05) is 59.7 Å². The van der Waals surface area contributed by atoms with Crippen LogP contribution in [0.1, 0.15) is 57.5 Å². The van der Waals surface area contributed by atoms with Gasteiger partial charge in [0.1, 0.15) is 35.1 Å². The number of carbonyl (C=O) groups excluding carboxylic acids is 1. The van der Waals surface area contributed by atoms with E-state index in [2.05, 4.69) is 6.58 Å². The molecule has 0 aliphatic rings. The van der Waals surface area contributed by atoms with Gasteiger partial charge in [-0.1, -0.05) is 12.7 Å². The zero-order valence-corrected chi connectivity index (χ0v) is 18.8. The first-order valence-corrected chi connectivity index (χ1v) is 10.1. The maximum absolute atomic E-state index is 12.6. The van der Waals surface area contributed by atoms with Crippen LogP contribution in [0.5, 0.6) is 17.2 Å². The largest absolute Gasteiger partial charge is 0.490 e. The summed E-state index contributed by atoms with van der Waals surface area (Å²) in [5.74, 6) is 1.99. The van der Waals surface area contributed by atoms with Crippen molar-refractivity contribution < 1.29 is 19.0 Å². The van der Waals surface area contributed by atoms with Crippen LogP contribution in [0, 0.1) is 0 Å². The molecule has 0 heterocycles. The number of ether oxygens (including phenoxy) is 3. The van der Waals surface area contributed by atoms with Crippen molar-refractivity contribution in [3.8, 4) is 17.2 Å². The highest BCUT2D eigenvalue weighted by atomic mass is 16.5. The van der Waals surface area contributed by atoms with Gasteiger partial charge in [0, 0.05) is 17.2 Å². The third-order valence-corrected chi connectivity index (χ3v) is 3.75. The molecule has 0 saturated heterocycles. The number of allylic oxidation sites excluding steroid dienone is 1. The van der Waals surface area contributed by atoms with Crippen LogP contribution in [0.15, 0.2) is 61.2 Å². The molecule has 0 N–H and O–H groups in total. The molecule has 2 aromatic rings. The van der Waals surface area contributed by atoms with Gasteiger partial charge in [0.25, 0.3) is 0 Å². The molecular formula is C26H32O4. The Morgan fingerprint density at radius 3 is 2.07 bits per heavy atom. The van der Waals surface area contributed by atoms with Crippen molar-refractivity contribution in [2.24, 2.45) is 0 Å². The Morgan fingerprint density at radius 1 is 0.900 bits per heavy atom. The highest BCUT2D eigenvalue weighted by Gasteiger charge is 2.17. The lowest BCUT2D eigenvalue weighted by molar-refractivity contribution is 0.104. The smallest absolute Gasteiger partial charge is 0.185 e. The van der Waals surface area contributed by atoms with Crippen molar-refractivity contribution >= 4 is 11.9 Å². The van der Waals surface area contributed by atoms with Gasteiger partial charge in [0.15, 0.2) is 5.78 Å². The van der Waals surface area contributed by atoms with E-state index in [1.54, 1.807) is 42.5 Å². The summed E-state index contributed by atoms with van der Waals surface area (Å²) in [6.45, 7) is 16.0. The van der Waals surface area contributed by atoms with Crippen LogP contribution in [0.3, 0.4) is 0 Å². The molecule has 0 saturated carbocycles. The van der Waals surface area contributed by atoms with Crippen molar-refractivity contribution in [2.75, 3.05) is 6.61 Å². The molecule has 2 rings (SSSR count). The first-order valence-electron chi connectivity index (χ1n) is 10.1. The van der Waals surface area contributed by atoms with Crippen LogP contribution in [-0.4, -0.2) is 23.6 Å². The molecule has 0 spiro atoms. The van der Waals surface area contributed by atoms with Crippen LogP contribution in [0.2, 0.25) is 0 Å². The molecule has 160 valence electrons. The molecule has 0 bridgehead atoms. The molecule has 2 aromatic carbocycles. The van der Waals surface area contributed by atoms with E-state index in [0.29, 0.717) is 23.7 Å². The van der Waals surface area contributed by atoms with Crippen LogP contribution in [0.25, 0.3) is 6.08 Å². The molecule has 0 aliphatic heterocycles. The molecule has 4 heteroatoms. The summed E-state index contributed by atoms with van der Waals surface area (Å²) >= 11 is 0. The zero-order chi connectivity index (χ0) is 22.4. The van der Waals surface area contributed by atoms with Crippen molar-refractivity contribution in [1.29, 1.82) is 0 Å². The van der Waals surface area contributed by atoms with E-state index < -0.39 is 0 Å². The quantitative estimate of drug-likeness (QED) is 0.284. The van der Waals surface area contributed by atoms with Crippen molar-refractivity contribution in [3.05, 3.63) is 72.3 Å². The molecule has 0 unspecified atom stereocenters. The molecule has 0 atom stereocenters. The lowest BCUT2D eigenvalue weighted by atomic mass is 10.1. The van der Waals surface area contributed by atoms with E-state index in [1.165, 1.54) is 0 Å². The number of benzene rings is 2. The molecule has 30 heavy (non-hydrogen) atoms. The second kappa shape index (κ2) is 9.66. The predicted molar refractivity (Wildman–Crippen MR) is 123 cm³/mol. The molecule has 0 fully saturated rings. The predicted octanol–water partition coefficient (Wildman–Crippen LogP) is 6.50. The minimum atomic E-state index is -0.381. The molecule has 0 aromatic heterocycles. The van der Waals surface area contributed by atoms with Gasteiger partial charge < -0.3 is 14.2 Å². The minimum absolute atomic E-state index is 0.0954. The number of hydrogen-bond donors (Lipinski definition) is 0. The van der Waals surface area contributed by atoms with Gasteiger partial charge in [0.2, 0.25) is 0 Å². The summed E-state index contributed by atoms with van der Waals surface area (Å²) in [6, 6.07) is 12.7. The molecular weight excluding hydrogens is 376 g/mol. The fraction of sp³-hybridized carbons (Fsp3) is 0.346. The summed E-state index contributed by atoms with van der Waals surface area (Å²) in [6.07, 6.45) is 5.00. The fourth-order valence-corrected chi connectivity index (χ4v) is 2.62. The number of ketones is 1. The van der Waals surface area contributed by atoms with Crippen molar-refractivity contribution in [3.63, 3.8) is 0 Å². The number of carbonyl (C=O) groups is 1. The second-order valence-corrected chi connectivity index (χ2v) is 8.95. The van der Waals surface area contributed by atoms with E-state index in [9.17, 15) is 4.79 Å². The van der Waals surface area contributed by atoms with Gasteiger partial charge in [-0.05, 0) is 90.1 Å². The average molecular weight is 409 g/mol. The maximum Gasteiger partial charge on any atom is 0.185 e.